The van der Waals surface area contributed by atoms with E-state index in [1.54, 1.807) is 0 Å². The molecule has 0 saturated carbocycles. The number of rotatable bonds is 43. The quantitative estimate of drug-likeness (QED) is 0.0348. The lowest BCUT2D eigenvalue weighted by molar-refractivity contribution is -0.167. The van der Waals surface area contributed by atoms with Crippen molar-refractivity contribution in [1.82, 2.24) is 0 Å². The number of ether oxygens (including phenoxy) is 3. The summed E-state index contributed by atoms with van der Waals surface area (Å²) in [7, 11) is 0. The maximum Gasteiger partial charge on any atom is 0.306 e. The highest BCUT2D eigenvalue weighted by atomic mass is 16.6. The van der Waals surface area contributed by atoms with Crippen LogP contribution in [0.1, 0.15) is 266 Å². The van der Waals surface area contributed by atoms with Gasteiger partial charge in [0.2, 0.25) is 0 Å². The van der Waals surface area contributed by atoms with Gasteiger partial charge in [-0.05, 0) is 31.1 Å². The number of unbranched alkanes of at least 4 members (excludes halogenated alkanes) is 26. The number of hydrogen-bond donors (Lipinski definition) is 0. The third kappa shape index (κ3) is 40.4. The Bertz CT molecular complexity index is 843. The Morgan fingerprint density at radius 2 is 0.636 bits per heavy atom. The molecule has 0 saturated heterocycles. The van der Waals surface area contributed by atoms with Crippen molar-refractivity contribution in [2.24, 2.45) is 11.8 Å². The normalized spacial score (nSPS) is 13.0. The maximum atomic E-state index is 12.7. The van der Waals surface area contributed by atoms with E-state index in [0.717, 1.165) is 69.6 Å². The van der Waals surface area contributed by atoms with E-state index in [1.165, 1.54) is 154 Å². The van der Waals surface area contributed by atoms with Gasteiger partial charge in [-0.3, -0.25) is 14.4 Å². The molecule has 55 heavy (non-hydrogen) atoms. The third-order valence-electron chi connectivity index (χ3n) is 11.7. The summed E-state index contributed by atoms with van der Waals surface area (Å²) in [5, 5.41) is 0. The van der Waals surface area contributed by atoms with Crippen LogP contribution in [0, 0.1) is 11.8 Å². The minimum atomic E-state index is -0.762. The van der Waals surface area contributed by atoms with Crippen molar-refractivity contribution < 1.29 is 28.6 Å². The fourth-order valence-electron chi connectivity index (χ4n) is 7.22. The molecule has 0 aromatic rings. The van der Waals surface area contributed by atoms with Crippen molar-refractivity contribution >= 4 is 17.9 Å². The van der Waals surface area contributed by atoms with Crippen molar-refractivity contribution in [2.45, 2.75) is 272 Å². The van der Waals surface area contributed by atoms with Crippen LogP contribution in [0.4, 0.5) is 0 Å². The molecule has 0 aromatic carbocycles. The average Bonchev–Trinajstić information content (AvgIpc) is 3.18. The zero-order chi connectivity index (χ0) is 40.5. The van der Waals surface area contributed by atoms with Crippen LogP contribution >= 0.6 is 0 Å². The monoisotopic (exact) mass is 779 g/mol. The Hall–Kier alpha value is -1.59. The molecule has 0 aromatic heterocycles. The molecule has 0 rings (SSSR count). The largest absolute Gasteiger partial charge is 0.462 e. The minimum Gasteiger partial charge on any atom is -0.462 e. The van der Waals surface area contributed by atoms with Crippen LogP contribution in [0.15, 0.2) is 0 Å². The molecule has 0 amide bonds. The van der Waals surface area contributed by atoms with Crippen molar-refractivity contribution in [3.8, 4) is 0 Å². The van der Waals surface area contributed by atoms with E-state index >= 15 is 0 Å². The number of carbonyl (C=O) groups is 3. The average molecular weight is 779 g/mol. The molecule has 0 aliphatic heterocycles. The lowest BCUT2D eigenvalue weighted by atomic mass is 10.00. The molecular formula is C49H94O6. The second-order valence-corrected chi connectivity index (χ2v) is 17.2. The van der Waals surface area contributed by atoms with Crippen LogP contribution in [0.5, 0.6) is 0 Å². The molecule has 3 atom stereocenters. The molecule has 2 unspecified atom stereocenters. The predicted octanol–water partition coefficient (Wildman–Crippen LogP) is 15.4. The SMILES string of the molecule is CCCCCCCCCCCCCCCCCCCC(=O)OC[C@@H](COC(=O)CCCCCCCCC(C)CC)OC(=O)CCCCCCCCC(C)CC. The second kappa shape index (κ2) is 42.0. The fourth-order valence-corrected chi connectivity index (χ4v) is 7.22. The summed E-state index contributed by atoms with van der Waals surface area (Å²) in [5.74, 6) is 0.764. The van der Waals surface area contributed by atoms with E-state index in [2.05, 4.69) is 34.6 Å². The van der Waals surface area contributed by atoms with Crippen LogP contribution < -0.4 is 0 Å². The van der Waals surface area contributed by atoms with Gasteiger partial charge < -0.3 is 14.2 Å². The zero-order valence-electron chi connectivity index (χ0n) is 37.6. The van der Waals surface area contributed by atoms with Gasteiger partial charge in [0.1, 0.15) is 13.2 Å². The number of esters is 3. The van der Waals surface area contributed by atoms with E-state index in [-0.39, 0.29) is 31.1 Å². The Morgan fingerprint density at radius 1 is 0.364 bits per heavy atom. The van der Waals surface area contributed by atoms with E-state index in [0.29, 0.717) is 19.3 Å². The highest BCUT2D eigenvalue weighted by Crippen LogP contribution is 2.18. The van der Waals surface area contributed by atoms with Gasteiger partial charge in [0.05, 0.1) is 0 Å². The maximum absolute atomic E-state index is 12.7. The summed E-state index contributed by atoms with van der Waals surface area (Å²) in [4.78, 5) is 37.8. The molecule has 0 aliphatic carbocycles. The topological polar surface area (TPSA) is 78.9 Å². The summed E-state index contributed by atoms with van der Waals surface area (Å²) >= 11 is 0. The molecule has 0 N–H and O–H groups in total. The van der Waals surface area contributed by atoms with Crippen LogP contribution in [-0.2, 0) is 28.6 Å². The Labute approximate surface area is 342 Å². The fraction of sp³-hybridized carbons (Fsp3) is 0.939. The Morgan fingerprint density at radius 3 is 0.945 bits per heavy atom. The molecular weight excluding hydrogens is 685 g/mol. The summed E-state index contributed by atoms with van der Waals surface area (Å²) in [5.41, 5.74) is 0. The van der Waals surface area contributed by atoms with Gasteiger partial charge in [-0.2, -0.15) is 0 Å². The molecule has 326 valence electrons. The first-order valence-electron chi connectivity index (χ1n) is 24.3. The first-order valence-corrected chi connectivity index (χ1v) is 24.3. The summed E-state index contributed by atoms with van der Waals surface area (Å²) in [6.07, 6.45) is 40.9. The van der Waals surface area contributed by atoms with Crippen molar-refractivity contribution in [3.63, 3.8) is 0 Å². The predicted molar refractivity (Wildman–Crippen MR) is 233 cm³/mol. The van der Waals surface area contributed by atoms with Crippen LogP contribution in [0.3, 0.4) is 0 Å². The van der Waals surface area contributed by atoms with Crippen LogP contribution in [0.2, 0.25) is 0 Å². The molecule has 0 radical (unpaired) electrons. The summed E-state index contributed by atoms with van der Waals surface area (Å²) in [6, 6.07) is 0. The Balaban J connectivity index is 4.27. The van der Waals surface area contributed by atoms with Gasteiger partial charge in [0, 0.05) is 19.3 Å². The third-order valence-corrected chi connectivity index (χ3v) is 11.7. The smallest absolute Gasteiger partial charge is 0.306 e. The number of carbonyl (C=O) groups excluding carboxylic acids is 3. The minimum absolute atomic E-state index is 0.0658. The summed E-state index contributed by atoms with van der Waals surface area (Å²) < 4.78 is 16.7. The summed E-state index contributed by atoms with van der Waals surface area (Å²) in [6.45, 7) is 11.3. The van der Waals surface area contributed by atoms with E-state index in [9.17, 15) is 14.4 Å². The van der Waals surface area contributed by atoms with Crippen molar-refractivity contribution in [2.75, 3.05) is 13.2 Å². The lowest BCUT2D eigenvalue weighted by Gasteiger charge is -2.18. The molecule has 0 fully saturated rings. The van der Waals surface area contributed by atoms with Crippen LogP contribution in [-0.4, -0.2) is 37.2 Å². The second-order valence-electron chi connectivity index (χ2n) is 17.2. The molecule has 0 heterocycles. The van der Waals surface area contributed by atoms with Gasteiger partial charge >= 0.3 is 17.9 Å². The lowest BCUT2D eigenvalue weighted by Crippen LogP contribution is -2.30. The first kappa shape index (κ1) is 53.4. The van der Waals surface area contributed by atoms with E-state index < -0.39 is 6.10 Å². The van der Waals surface area contributed by atoms with Gasteiger partial charge in [0.15, 0.2) is 6.10 Å². The Kier molecular flexibility index (Phi) is 40.8. The number of hydrogen-bond acceptors (Lipinski definition) is 6. The van der Waals surface area contributed by atoms with E-state index in [4.69, 9.17) is 14.2 Å². The highest BCUT2D eigenvalue weighted by molar-refractivity contribution is 5.71. The standard InChI is InChI=1S/C49H94O6/c1-6-9-10-11-12-13-14-15-16-17-18-19-20-21-22-29-34-39-47(50)53-42-46(55-49(52)41-36-31-26-24-28-33-38-45(5)8-3)43-54-48(51)40-35-30-25-23-27-32-37-44(4)7-2/h44-46H,6-43H2,1-5H3/t44?,45?,46-/m0/s1. The highest BCUT2D eigenvalue weighted by Gasteiger charge is 2.19. The zero-order valence-corrected chi connectivity index (χ0v) is 37.6. The molecule has 0 aliphatic rings. The van der Waals surface area contributed by atoms with Gasteiger partial charge in [0.25, 0.3) is 0 Å². The molecule has 6 heteroatoms. The van der Waals surface area contributed by atoms with Gasteiger partial charge in [-0.1, -0.05) is 227 Å². The van der Waals surface area contributed by atoms with Crippen molar-refractivity contribution in [3.05, 3.63) is 0 Å². The molecule has 6 nitrogen and oxygen atoms in total. The van der Waals surface area contributed by atoms with Crippen molar-refractivity contribution in [1.29, 1.82) is 0 Å². The van der Waals surface area contributed by atoms with Gasteiger partial charge in [-0.15, -0.1) is 0 Å². The molecule has 0 bridgehead atoms. The first-order chi connectivity index (χ1) is 26.8. The van der Waals surface area contributed by atoms with Crippen LogP contribution in [0.25, 0.3) is 0 Å². The van der Waals surface area contributed by atoms with Gasteiger partial charge in [-0.25, -0.2) is 0 Å². The molecule has 0 spiro atoms. The van der Waals surface area contributed by atoms with E-state index in [1.807, 2.05) is 0 Å².